The van der Waals surface area contributed by atoms with Gasteiger partial charge in [-0.05, 0) is 124 Å². The Morgan fingerprint density at radius 3 is 2.03 bits per heavy atom. The zero-order valence-electron chi connectivity index (χ0n) is 23.2. The van der Waals surface area contributed by atoms with Crippen molar-refractivity contribution in [3.05, 3.63) is 0 Å². The van der Waals surface area contributed by atoms with Gasteiger partial charge in [-0.2, -0.15) is 0 Å². The summed E-state index contributed by atoms with van der Waals surface area (Å²) in [5.41, 5.74) is -0.703. The normalized spacial score (nSPS) is 57.1. The molecule has 196 valence electrons. The van der Waals surface area contributed by atoms with Crippen LogP contribution < -0.4 is 0 Å². The summed E-state index contributed by atoms with van der Waals surface area (Å²) < 4.78 is 6.66. The molecule has 4 nitrogen and oxygen atoms in total. The molecule has 3 N–H and O–H groups in total. The van der Waals surface area contributed by atoms with E-state index in [1.807, 2.05) is 13.8 Å². The largest absolute Gasteiger partial charge is 0.393 e. The fourth-order valence-corrected chi connectivity index (χ4v) is 11.1. The van der Waals surface area contributed by atoms with Crippen LogP contribution in [0.4, 0.5) is 0 Å². The summed E-state index contributed by atoms with van der Waals surface area (Å²) in [6, 6.07) is 0. The van der Waals surface area contributed by atoms with Crippen LogP contribution in [0.15, 0.2) is 0 Å². The molecule has 0 aromatic rings. The third kappa shape index (κ3) is 3.16. The van der Waals surface area contributed by atoms with Crippen LogP contribution in [0.3, 0.4) is 0 Å². The van der Waals surface area contributed by atoms with Crippen molar-refractivity contribution in [1.82, 2.24) is 0 Å². The second-order valence-corrected chi connectivity index (χ2v) is 15.4. The summed E-state index contributed by atoms with van der Waals surface area (Å²) in [7, 11) is 0. The molecule has 0 amide bonds. The van der Waals surface area contributed by atoms with E-state index >= 15 is 0 Å². The zero-order valence-corrected chi connectivity index (χ0v) is 23.2. The molecule has 5 fully saturated rings. The molecule has 0 aromatic carbocycles. The Morgan fingerprint density at radius 1 is 0.765 bits per heavy atom. The van der Waals surface area contributed by atoms with Gasteiger partial charge in [0.1, 0.15) is 0 Å². The van der Waals surface area contributed by atoms with Crippen molar-refractivity contribution >= 4 is 0 Å². The van der Waals surface area contributed by atoms with Gasteiger partial charge < -0.3 is 20.1 Å². The average Bonchev–Trinajstić information content (AvgIpc) is 3.30. The number of ether oxygens (including phenoxy) is 1. The monoisotopic (exact) mass is 476 g/mol. The van der Waals surface area contributed by atoms with Gasteiger partial charge in [-0.1, -0.05) is 34.6 Å². The predicted octanol–water partition coefficient (Wildman–Crippen LogP) is 5.71. The van der Waals surface area contributed by atoms with Crippen molar-refractivity contribution in [2.75, 3.05) is 0 Å². The molecule has 4 aliphatic carbocycles. The number of aliphatic hydroxyl groups excluding tert-OH is 2. The molecule has 0 bridgehead atoms. The number of hydrogen-bond donors (Lipinski definition) is 3. The molecule has 1 saturated heterocycles. The second kappa shape index (κ2) is 7.45. The smallest absolute Gasteiger partial charge is 0.0865 e. The van der Waals surface area contributed by atoms with E-state index in [2.05, 4.69) is 41.5 Å². The summed E-state index contributed by atoms with van der Waals surface area (Å²) in [6.07, 6.45) is 8.72. The van der Waals surface area contributed by atoms with Crippen molar-refractivity contribution in [3.8, 4) is 0 Å². The molecule has 4 saturated carbocycles. The van der Waals surface area contributed by atoms with Crippen molar-refractivity contribution in [1.29, 1.82) is 0 Å². The lowest BCUT2D eigenvalue weighted by molar-refractivity contribution is -0.248. The quantitative estimate of drug-likeness (QED) is 0.477. The highest BCUT2D eigenvalue weighted by Gasteiger charge is 2.71. The third-order valence-corrected chi connectivity index (χ3v) is 13.3. The first kappa shape index (κ1) is 25.5. The maximum absolute atomic E-state index is 11.9. The Bertz CT molecular complexity index is 817. The van der Waals surface area contributed by atoms with E-state index in [4.69, 9.17) is 4.74 Å². The van der Waals surface area contributed by atoms with Crippen LogP contribution in [0.25, 0.3) is 0 Å². The van der Waals surface area contributed by atoms with Crippen LogP contribution in [-0.4, -0.2) is 44.8 Å². The van der Waals surface area contributed by atoms with E-state index < -0.39 is 5.60 Å². The van der Waals surface area contributed by atoms with Crippen LogP contribution in [0.1, 0.15) is 113 Å². The first-order chi connectivity index (χ1) is 15.5. The van der Waals surface area contributed by atoms with Crippen LogP contribution >= 0.6 is 0 Å². The van der Waals surface area contributed by atoms with Crippen molar-refractivity contribution in [2.24, 2.45) is 45.3 Å². The molecular formula is C30H52O4. The van der Waals surface area contributed by atoms with Gasteiger partial charge in [0.15, 0.2) is 0 Å². The molecule has 1 heterocycles. The summed E-state index contributed by atoms with van der Waals surface area (Å²) in [6.45, 7) is 18.1. The van der Waals surface area contributed by atoms with Gasteiger partial charge >= 0.3 is 0 Å². The second-order valence-electron chi connectivity index (χ2n) is 15.4. The number of rotatable bonds is 2. The molecular weight excluding hydrogens is 424 g/mol. The van der Waals surface area contributed by atoms with Gasteiger partial charge in [-0.25, -0.2) is 0 Å². The van der Waals surface area contributed by atoms with Crippen LogP contribution in [0, 0.1) is 45.3 Å². The van der Waals surface area contributed by atoms with E-state index in [9.17, 15) is 15.3 Å². The summed E-state index contributed by atoms with van der Waals surface area (Å²) >= 11 is 0. The Labute approximate surface area is 208 Å². The van der Waals surface area contributed by atoms with Gasteiger partial charge in [-0.3, -0.25) is 0 Å². The highest BCUT2D eigenvalue weighted by molar-refractivity contribution is 5.20. The maximum atomic E-state index is 11.9. The summed E-state index contributed by atoms with van der Waals surface area (Å²) in [4.78, 5) is 0. The Balaban J connectivity index is 1.48. The molecule has 4 heteroatoms. The Kier molecular flexibility index (Phi) is 5.59. The SMILES string of the molecule is CC(C)(O)[C@@H]1CCC(C)([C@H]2CC[C@]3(C)[C@@H]2[C@H](O)CC2[C@@]4(C)CC[C@H](O)C(C)(C)[C@@H]4CC[C@]23C)O1. The van der Waals surface area contributed by atoms with Crippen molar-refractivity contribution in [3.63, 3.8) is 0 Å². The molecule has 2 unspecified atom stereocenters. The molecule has 11 atom stereocenters. The molecule has 1 aliphatic heterocycles. The Morgan fingerprint density at radius 2 is 1.41 bits per heavy atom. The fraction of sp³-hybridized carbons (Fsp3) is 1.00. The van der Waals surface area contributed by atoms with E-state index in [0.717, 1.165) is 44.9 Å². The first-order valence-electron chi connectivity index (χ1n) is 14.3. The lowest BCUT2D eigenvalue weighted by Crippen LogP contribution is -2.66. The molecule has 5 rings (SSSR count). The number of aliphatic hydroxyl groups is 3. The van der Waals surface area contributed by atoms with Crippen LogP contribution in [-0.2, 0) is 4.74 Å². The number of hydrogen-bond acceptors (Lipinski definition) is 4. The van der Waals surface area contributed by atoms with Crippen molar-refractivity contribution < 1.29 is 20.1 Å². The van der Waals surface area contributed by atoms with E-state index in [0.29, 0.717) is 17.8 Å². The van der Waals surface area contributed by atoms with Gasteiger partial charge in [0.2, 0.25) is 0 Å². The highest BCUT2D eigenvalue weighted by atomic mass is 16.5. The average molecular weight is 477 g/mol. The molecule has 0 radical (unpaired) electrons. The highest BCUT2D eigenvalue weighted by Crippen LogP contribution is 2.76. The minimum absolute atomic E-state index is 0.0630. The molecule has 0 spiro atoms. The minimum atomic E-state index is -0.826. The topological polar surface area (TPSA) is 69.9 Å². The fourth-order valence-electron chi connectivity index (χ4n) is 11.1. The number of fused-ring (bicyclic) bond motifs is 5. The van der Waals surface area contributed by atoms with Gasteiger partial charge in [0, 0.05) is 0 Å². The van der Waals surface area contributed by atoms with Gasteiger partial charge in [-0.15, -0.1) is 0 Å². The lowest BCUT2D eigenvalue weighted by Gasteiger charge is -2.70. The van der Waals surface area contributed by atoms with Gasteiger partial charge in [0.25, 0.3) is 0 Å². The third-order valence-electron chi connectivity index (χ3n) is 13.3. The molecule has 0 aromatic heterocycles. The standard InChI is InChI=1S/C30H52O4/c1-25(2)20-10-15-28(6)21(27(20,5)13-11-22(25)32)17-19(31)24-18(9-14-29(24,28)7)30(8)16-12-23(34-30)26(3,4)33/h18-24,31-33H,9-17H2,1-8H3/t18-,19+,20-,21?,22-,23-,24-,27-,28+,29+,30?/m0/s1. The minimum Gasteiger partial charge on any atom is -0.393 e. The van der Waals surface area contributed by atoms with Crippen LogP contribution in [0.2, 0.25) is 0 Å². The van der Waals surface area contributed by atoms with Crippen molar-refractivity contribution in [2.45, 2.75) is 143 Å². The maximum Gasteiger partial charge on any atom is 0.0865 e. The van der Waals surface area contributed by atoms with Gasteiger partial charge in [0.05, 0.1) is 29.5 Å². The summed E-state index contributed by atoms with van der Waals surface area (Å²) in [5, 5.41) is 33.4. The lowest BCUT2D eigenvalue weighted by atomic mass is 9.35. The van der Waals surface area contributed by atoms with E-state index in [1.54, 1.807) is 0 Å². The van der Waals surface area contributed by atoms with Crippen LogP contribution in [0.5, 0.6) is 0 Å². The molecule has 5 aliphatic rings. The zero-order chi connectivity index (χ0) is 25.1. The molecule has 34 heavy (non-hydrogen) atoms. The first-order valence-corrected chi connectivity index (χ1v) is 14.3. The summed E-state index contributed by atoms with van der Waals surface area (Å²) in [5.74, 6) is 1.59. The van der Waals surface area contributed by atoms with E-state index in [-0.39, 0.29) is 51.5 Å². The van der Waals surface area contributed by atoms with E-state index in [1.165, 1.54) is 12.8 Å². The Hall–Kier alpha value is -0.160. The predicted molar refractivity (Wildman–Crippen MR) is 135 cm³/mol.